The van der Waals surface area contributed by atoms with Gasteiger partial charge >= 0.3 is 5.97 Å². The Kier molecular flexibility index (Phi) is 4.95. The van der Waals surface area contributed by atoms with Crippen molar-refractivity contribution in [2.45, 2.75) is 31.8 Å². The van der Waals surface area contributed by atoms with Crippen LogP contribution in [0.4, 0.5) is 0 Å². The zero-order valence-electron chi connectivity index (χ0n) is 12.5. The fourth-order valence-electron chi connectivity index (χ4n) is 2.51. The van der Waals surface area contributed by atoms with E-state index in [4.69, 9.17) is 16.6 Å². The quantitative estimate of drug-likeness (QED) is 0.609. The van der Waals surface area contributed by atoms with Crippen LogP contribution in [0.5, 0.6) is 0 Å². The van der Waals surface area contributed by atoms with E-state index in [0.29, 0.717) is 6.42 Å². The maximum Gasteiger partial charge on any atom is 0.306 e. The van der Waals surface area contributed by atoms with Gasteiger partial charge in [-0.15, -0.1) is 0 Å². The molecule has 2 aromatic rings. The fourth-order valence-corrected chi connectivity index (χ4v) is 2.51. The Hall–Kier alpha value is -2.18. The number of ketones is 1. The van der Waals surface area contributed by atoms with Crippen molar-refractivity contribution in [2.75, 3.05) is 0 Å². The van der Waals surface area contributed by atoms with Crippen LogP contribution < -0.4 is 11.5 Å². The van der Waals surface area contributed by atoms with Crippen LogP contribution in [0.15, 0.2) is 30.5 Å². The first-order valence-electron chi connectivity index (χ1n) is 7.22. The van der Waals surface area contributed by atoms with Crippen molar-refractivity contribution in [3.63, 3.8) is 0 Å². The molecule has 6 heteroatoms. The topological polar surface area (TPSA) is 122 Å². The van der Waals surface area contributed by atoms with Crippen molar-refractivity contribution in [1.29, 1.82) is 0 Å². The van der Waals surface area contributed by atoms with Crippen molar-refractivity contribution < 1.29 is 14.7 Å². The molecule has 2 rings (SSSR count). The summed E-state index contributed by atoms with van der Waals surface area (Å²) in [5.41, 5.74) is 13.7. The highest BCUT2D eigenvalue weighted by molar-refractivity contribution is 5.90. The number of hydrogen-bond donors (Lipinski definition) is 4. The highest BCUT2D eigenvalue weighted by Crippen LogP contribution is 2.19. The van der Waals surface area contributed by atoms with Gasteiger partial charge in [0.15, 0.2) is 5.78 Å². The van der Waals surface area contributed by atoms with E-state index < -0.39 is 24.0 Å². The van der Waals surface area contributed by atoms with Gasteiger partial charge in [-0.2, -0.15) is 0 Å². The number of hydrogen-bond acceptors (Lipinski definition) is 4. The average molecular weight is 303 g/mol. The third-order valence-corrected chi connectivity index (χ3v) is 3.87. The molecule has 1 aromatic carbocycles. The lowest BCUT2D eigenvalue weighted by Gasteiger charge is -2.17. The summed E-state index contributed by atoms with van der Waals surface area (Å²) >= 11 is 0. The number of carboxylic acids is 1. The summed E-state index contributed by atoms with van der Waals surface area (Å²) < 4.78 is 0. The number of H-pyrrole nitrogens is 1. The highest BCUT2D eigenvalue weighted by atomic mass is 16.4. The number of nitrogens with two attached hydrogens (primary N) is 2. The van der Waals surface area contributed by atoms with Gasteiger partial charge in [0.25, 0.3) is 0 Å². The van der Waals surface area contributed by atoms with E-state index in [1.54, 1.807) is 0 Å². The second-order valence-electron chi connectivity index (χ2n) is 5.65. The Morgan fingerprint density at radius 1 is 1.23 bits per heavy atom. The Morgan fingerprint density at radius 3 is 2.59 bits per heavy atom. The van der Waals surface area contributed by atoms with Crippen molar-refractivity contribution in [3.8, 4) is 0 Å². The van der Waals surface area contributed by atoms with Gasteiger partial charge in [0.1, 0.15) is 0 Å². The minimum absolute atomic E-state index is 0.0930. The maximum absolute atomic E-state index is 12.2. The molecule has 0 spiro atoms. The normalized spacial score (nSPS) is 15.4. The van der Waals surface area contributed by atoms with Gasteiger partial charge in [0, 0.05) is 17.1 Å². The smallest absolute Gasteiger partial charge is 0.306 e. The lowest BCUT2D eigenvalue weighted by Crippen LogP contribution is -2.45. The molecule has 118 valence electrons. The number of Topliss-reactive ketones (excluding diaryl/α,β-unsaturated/α-hetero) is 1. The number of benzene rings is 1. The molecule has 0 aliphatic heterocycles. The summed E-state index contributed by atoms with van der Waals surface area (Å²) in [6.07, 6.45) is 2.30. The van der Waals surface area contributed by atoms with Crippen LogP contribution >= 0.6 is 0 Å². The van der Waals surface area contributed by atoms with Crippen LogP contribution in [-0.2, 0) is 16.0 Å². The summed E-state index contributed by atoms with van der Waals surface area (Å²) in [5, 5.41) is 9.90. The van der Waals surface area contributed by atoms with Crippen LogP contribution in [0.2, 0.25) is 0 Å². The van der Waals surface area contributed by atoms with Gasteiger partial charge in [-0.1, -0.05) is 25.1 Å². The molecule has 0 radical (unpaired) electrons. The van der Waals surface area contributed by atoms with Crippen LogP contribution in [0.1, 0.15) is 18.9 Å². The molecular formula is C16H21N3O3. The van der Waals surface area contributed by atoms with E-state index in [9.17, 15) is 9.59 Å². The van der Waals surface area contributed by atoms with Gasteiger partial charge < -0.3 is 21.6 Å². The number of rotatable bonds is 7. The minimum atomic E-state index is -0.964. The first kappa shape index (κ1) is 16.2. The highest BCUT2D eigenvalue weighted by Gasteiger charge is 2.25. The molecule has 1 heterocycles. The summed E-state index contributed by atoms with van der Waals surface area (Å²) in [7, 11) is 0. The summed E-state index contributed by atoms with van der Waals surface area (Å²) in [6, 6.07) is 6.17. The van der Waals surface area contributed by atoms with Crippen LogP contribution in [0.25, 0.3) is 10.9 Å². The van der Waals surface area contributed by atoms with Crippen molar-refractivity contribution in [3.05, 3.63) is 36.0 Å². The monoisotopic (exact) mass is 303 g/mol. The molecule has 1 aromatic heterocycles. The zero-order chi connectivity index (χ0) is 16.3. The number of carbonyl (C=O) groups excluding carboxylic acids is 1. The van der Waals surface area contributed by atoms with Crippen LogP contribution in [-0.4, -0.2) is 33.9 Å². The minimum Gasteiger partial charge on any atom is -0.481 e. The zero-order valence-corrected chi connectivity index (χ0v) is 12.5. The number of carbonyl (C=O) groups is 2. The van der Waals surface area contributed by atoms with Crippen molar-refractivity contribution in [2.24, 2.45) is 17.4 Å². The van der Waals surface area contributed by atoms with E-state index >= 15 is 0 Å². The first-order chi connectivity index (χ1) is 10.4. The van der Waals surface area contributed by atoms with Gasteiger partial charge in [-0.25, -0.2) is 0 Å². The summed E-state index contributed by atoms with van der Waals surface area (Å²) in [4.78, 5) is 26.2. The Morgan fingerprint density at radius 2 is 1.91 bits per heavy atom. The number of fused-ring (bicyclic) bond motifs is 1. The SMILES string of the molecule is CC(CC(N)C(=O)[C@@H](N)Cc1c[nH]c2ccccc12)C(=O)O. The predicted molar refractivity (Wildman–Crippen MR) is 84.4 cm³/mol. The molecule has 0 aliphatic rings. The largest absolute Gasteiger partial charge is 0.481 e. The lowest BCUT2D eigenvalue weighted by atomic mass is 9.93. The van der Waals surface area contributed by atoms with Gasteiger partial charge in [-0.05, 0) is 24.5 Å². The molecule has 0 saturated heterocycles. The molecule has 3 atom stereocenters. The second kappa shape index (κ2) is 6.72. The lowest BCUT2D eigenvalue weighted by molar-refractivity contribution is -0.141. The standard InChI is InChI=1S/C16H21N3O3/c1-9(16(21)22)6-12(17)15(20)13(18)7-10-8-19-14-5-3-2-4-11(10)14/h2-5,8-9,12-13,19H,6-7,17-18H2,1H3,(H,21,22)/t9?,12?,13-/m0/s1. The molecule has 2 unspecified atom stereocenters. The number of nitrogens with one attached hydrogen (secondary N) is 1. The third kappa shape index (κ3) is 3.52. The van der Waals surface area contributed by atoms with Crippen LogP contribution in [0.3, 0.4) is 0 Å². The Labute approximate surface area is 128 Å². The van der Waals surface area contributed by atoms with Crippen molar-refractivity contribution in [1.82, 2.24) is 4.98 Å². The van der Waals surface area contributed by atoms with E-state index in [2.05, 4.69) is 4.98 Å². The fraction of sp³-hybridized carbons (Fsp3) is 0.375. The van der Waals surface area contributed by atoms with Gasteiger partial charge in [0.2, 0.25) is 0 Å². The molecule has 22 heavy (non-hydrogen) atoms. The van der Waals surface area contributed by atoms with E-state index in [1.807, 2.05) is 30.5 Å². The maximum atomic E-state index is 12.2. The Bertz CT molecular complexity index is 680. The number of aromatic amines is 1. The first-order valence-corrected chi connectivity index (χ1v) is 7.22. The van der Waals surface area contributed by atoms with Gasteiger partial charge in [0.05, 0.1) is 18.0 Å². The molecule has 0 amide bonds. The molecule has 0 fully saturated rings. The second-order valence-corrected chi connectivity index (χ2v) is 5.65. The third-order valence-electron chi connectivity index (χ3n) is 3.87. The molecule has 0 bridgehead atoms. The molecule has 6 N–H and O–H groups in total. The number of aromatic nitrogens is 1. The molecule has 0 saturated carbocycles. The number of aliphatic carboxylic acids is 1. The number of para-hydroxylation sites is 1. The molecule has 0 aliphatic carbocycles. The summed E-state index contributed by atoms with van der Waals surface area (Å²) in [6.45, 7) is 1.53. The van der Waals surface area contributed by atoms with Crippen molar-refractivity contribution >= 4 is 22.7 Å². The van der Waals surface area contributed by atoms with E-state index in [0.717, 1.165) is 16.5 Å². The van der Waals surface area contributed by atoms with E-state index in [1.165, 1.54) is 6.92 Å². The van der Waals surface area contributed by atoms with E-state index in [-0.39, 0.29) is 12.2 Å². The average Bonchev–Trinajstić information content (AvgIpc) is 2.89. The molecular weight excluding hydrogens is 282 g/mol. The van der Waals surface area contributed by atoms with Crippen LogP contribution in [0, 0.1) is 5.92 Å². The van der Waals surface area contributed by atoms with Gasteiger partial charge in [-0.3, -0.25) is 9.59 Å². The number of carboxylic acid groups (broad SMARTS) is 1. The predicted octanol–water partition coefficient (Wildman–Crippen LogP) is 1.04. The Balaban J connectivity index is 2.03. The summed E-state index contributed by atoms with van der Waals surface area (Å²) in [5.74, 6) is -1.94. The molecule has 6 nitrogen and oxygen atoms in total.